The quantitative estimate of drug-likeness (QED) is 0.690. The van der Waals surface area contributed by atoms with Gasteiger partial charge in [0, 0.05) is 0 Å². The van der Waals surface area contributed by atoms with Gasteiger partial charge in [0.1, 0.15) is 16.7 Å². The third-order valence-electron chi connectivity index (χ3n) is 3.23. The first-order valence-electron chi connectivity index (χ1n) is 6.28. The Morgan fingerprint density at radius 3 is 2.50 bits per heavy atom. The second kappa shape index (κ2) is 4.94. The number of benzene rings is 2. The maximum Gasteiger partial charge on any atom is 0.417 e. The molecule has 1 aromatic heterocycles. The molecule has 2 aromatic carbocycles. The number of hydrogen-bond acceptors (Lipinski definition) is 1. The second-order valence-corrected chi connectivity index (χ2v) is 4.69. The average Bonchev–Trinajstić information content (AvgIpc) is 2.46. The van der Waals surface area contributed by atoms with Gasteiger partial charge in [-0.15, -0.1) is 0 Å². The van der Waals surface area contributed by atoms with Gasteiger partial charge in [-0.25, -0.2) is 19.2 Å². The topological polar surface area (TPSA) is 47.0 Å². The van der Waals surface area contributed by atoms with E-state index in [4.69, 9.17) is 0 Å². The highest BCUT2D eigenvalue weighted by Gasteiger charge is 2.35. The molecule has 7 heteroatoms. The van der Waals surface area contributed by atoms with Crippen molar-refractivity contribution in [1.82, 2.24) is 4.98 Å². The third-order valence-corrected chi connectivity index (χ3v) is 3.23. The Labute approximate surface area is 121 Å². The minimum absolute atomic E-state index is 0.199. The molecule has 0 saturated heterocycles. The Kier molecular flexibility index (Phi) is 3.20. The number of aromatic nitrogens is 2. The van der Waals surface area contributed by atoms with Crippen molar-refractivity contribution in [3.05, 3.63) is 64.2 Å². The Hall–Kier alpha value is -2.70. The zero-order valence-electron chi connectivity index (χ0n) is 11.0. The Balaban J connectivity index is 2.32. The van der Waals surface area contributed by atoms with Crippen LogP contribution < -0.4 is 10.5 Å². The van der Waals surface area contributed by atoms with Gasteiger partial charge in [-0.3, -0.25) is 0 Å². The minimum Gasteiger partial charge on any atom is -0.241 e. The van der Waals surface area contributed by atoms with Crippen molar-refractivity contribution in [2.45, 2.75) is 6.18 Å². The summed E-state index contributed by atoms with van der Waals surface area (Å²) < 4.78 is 52.5. The predicted octanol–water partition coefficient (Wildman–Crippen LogP) is 3.17. The molecule has 0 aliphatic heterocycles. The summed E-state index contributed by atoms with van der Waals surface area (Å²) in [7, 11) is 0. The molecule has 0 unspecified atom stereocenters. The summed E-state index contributed by atoms with van der Waals surface area (Å²) in [6, 6.07) is 8.47. The van der Waals surface area contributed by atoms with Gasteiger partial charge in [-0.2, -0.15) is 13.2 Å². The summed E-state index contributed by atoms with van der Waals surface area (Å²) in [5, 5.41) is 0.302. The molecule has 3 aromatic rings. The molecule has 0 bridgehead atoms. The number of rotatable bonds is 1. The van der Waals surface area contributed by atoms with E-state index < -0.39 is 28.7 Å². The zero-order valence-corrected chi connectivity index (χ0v) is 11.0. The molecule has 0 aliphatic rings. The van der Waals surface area contributed by atoms with Gasteiger partial charge in [-0.05, 0) is 30.3 Å². The highest BCUT2D eigenvalue weighted by atomic mass is 19.4. The summed E-state index contributed by atoms with van der Waals surface area (Å²) in [6.07, 6.45) is -4.67. The van der Waals surface area contributed by atoms with Gasteiger partial charge in [0.2, 0.25) is 0 Å². The van der Waals surface area contributed by atoms with E-state index in [1.54, 1.807) is 18.2 Å². The second-order valence-electron chi connectivity index (χ2n) is 4.69. The molecule has 22 heavy (non-hydrogen) atoms. The van der Waals surface area contributed by atoms with Gasteiger partial charge in [0.05, 0.1) is 11.1 Å². The number of fused-ring (bicyclic) bond motifs is 1. The fourth-order valence-electron chi connectivity index (χ4n) is 2.24. The van der Waals surface area contributed by atoms with E-state index in [0.29, 0.717) is 17.0 Å². The largest absolute Gasteiger partial charge is 0.417 e. The highest BCUT2D eigenvalue weighted by Crippen LogP contribution is 2.35. The highest BCUT2D eigenvalue weighted by molar-refractivity contribution is 5.75. The van der Waals surface area contributed by atoms with Crippen LogP contribution in [-0.4, -0.2) is 4.98 Å². The van der Waals surface area contributed by atoms with E-state index in [0.717, 1.165) is 12.1 Å². The Morgan fingerprint density at radius 2 is 1.77 bits per heavy atom. The molecule has 1 heterocycles. The van der Waals surface area contributed by atoms with E-state index in [1.807, 2.05) is 0 Å². The molecule has 0 atom stereocenters. The predicted molar refractivity (Wildman–Crippen MR) is 71.5 cm³/mol. The van der Waals surface area contributed by atoms with E-state index in [2.05, 4.69) is 9.97 Å². The number of alkyl halides is 3. The molecule has 3 rings (SSSR count). The number of para-hydroxylation sites is 1. The van der Waals surface area contributed by atoms with Gasteiger partial charge in [0.25, 0.3) is 5.82 Å². The lowest BCUT2D eigenvalue weighted by molar-refractivity contribution is -0.335. The number of halogens is 4. The van der Waals surface area contributed by atoms with Crippen LogP contribution in [0.2, 0.25) is 0 Å². The number of aromatic amines is 2. The molecular formula is C15H9F4N2O+. The van der Waals surface area contributed by atoms with Crippen LogP contribution in [0.1, 0.15) is 5.56 Å². The van der Waals surface area contributed by atoms with Crippen molar-refractivity contribution in [2.24, 2.45) is 0 Å². The molecule has 0 spiro atoms. The van der Waals surface area contributed by atoms with Crippen LogP contribution in [0.5, 0.6) is 0 Å². The van der Waals surface area contributed by atoms with Crippen molar-refractivity contribution >= 4 is 10.9 Å². The summed E-state index contributed by atoms with van der Waals surface area (Å²) >= 11 is 0. The van der Waals surface area contributed by atoms with Gasteiger partial charge >= 0.3 is 11.7 Å². The lowest BCUT2D eigenvalue weighted by Gasteiger charge is -2.10. The van der Waals surface area contributed by atoms with Crippen LogP contribution in [0.3, 0.4) is 0 Å². The monoisotopic (exact) mass is 309 g/mol. The molecular weight excluding hydrogens is 300 g/mol. The lowest BCUT2D eigenvalue weighted by Crippen LogP contribution is -2.22. The third kappa shape index (κ3) is 2.45. The zero-order chi connectivity index (χ0) is 15.9. The molecule has 0 fully saturated rings. The smallest absolute Gasteiger partial charge is 0.241 e. The molecule has 3 nitrogen and oxygen atoms in total. The van der Waals surface area contributed by atoms with Crippen LogP contribution in [-0.2, 0) is 6.18 Å². The molecule has 0 amide bonds. The molecule has 112 valence electrons. The standard InChI is InChI=1S/C15H8F4N2O/c16-8-5-6-11(15(17,18)19)10(7-8)13-20-12-4-2-1-3-9(12)14(22)21-13/h1-7H,(H,20,21,22)/p+1. The maximum atomic E-state index is 13.4. The number of H-pyrrole nitrogens is 2. The fraction of sp³-hybridized carbons (Fsp3) is 0.0667. The van der Waals surface area contributed by atoms with Crippen molar-refractivity contribution in [2.75, 3.05) is 0 Å². The number of hydrogen-bond donors (Lipinski definition) is 1. The fourth-order valence-corrected chi connectivity index (χ4v) is 2.24. The van der Waals surface area contributed by atoms with E-state index in [1.165, 1.54) is 6.07 Å². The maximum absolute atomic E-state index is 13.4. The van der Waals surface area contributed by atoms with Crippen molar-refractivity contribution in [1.29, 1.82) is 0 Å². The van der Waals surface area contributed by atoms with E-state index >= 15 is 0 Å². The first-order valence-corrected chi connectivity index (χ1v) is 6.28. The first-order chi connectivity index (χ1) is 10.4. The number of nitrogens with one attached hydrogen (secondary N) is 2. The van der Waals surface area contributed by atoms with Crippen LogP contribution in [0.25, 0.3) is 22.3 Å². The van der Waals surface area contributed by atoms with E-state index in [9.17, 15) is 22.4 Å². The summed E-state index contributed by atoms with van der Waals surface area (Å²) in [4.78, 5) is 17.0. The molecule has 0 saturated carbocycles. The molecule has 2 N–H and O–H groups in total. The first kappa shape index (κ1) is 14.2. The Bertz CT molecular complexity index is 915. The van der Waals surface area contributed by atoms with Crippen LogP contribution in [0, 0.1) is 5.82 Å². The van der Waals surface area contributed by atoms with Crippen LogP contribution in [0.4, 0.5) is 17.6 Å². The van der Waals surface area contributed by atoms with Gasteiger partial charge < -0.3 is 0 Å². The molecule has 0 aliphatic carbocycles. The molecule has 0 radical (unpaired) electrons. The van der Waals surface area contributed by atoms with E-state index in [-0.39, 0.29) is 5.82 Å². The summed E-state index contributed by atoms with van der Waals surface area (Å²) in [5.74, 6) is -1.03. The van der Waals surface area contributed by atoms with Crippen LogP contribution >= 0.6 is 0 Å². The normalized spacial score (nSPS) is 11.8. The lowest BCUT2D eigenvalue weighted by atomic mass is 10.1. The summed E-state index contributed by atoms with van der Waals surface area (Å²) in [5.41, 5.74) is -1.67. The van der Waals surface area contributed by atoms with Crippen molar-refractivity contribution < 1.29 is 22.5 Å². The van der Waals surface area contributed by atoms with Gasteiger partial charge in [-0.1, -0.05) is 12.1 Å². The van der Waals surface area contributed by atoms with Crippen molar-refractivity contribution in [3.63, 3.8) is 0 Å². The van der Waals surface area contributed by atoms with Crippen molar-refractivity contribution in [3.8, 4) is 11.4 Å². The summed E-state index contributed by atoms with van der Waals surface area (Å²) in [6.45, 7) is 0. The van der Waals surface area contributed by atoms with Gasteiger partial charge in [0.15, 0.2) is 0 Å². The minimum atomic E-state index is -4.67. The SMILES string of the molecule is O=c1[nH]c(-c2cc(F)ccc2C(F)(F)F)[nH+]c2ccccc12. The average molecular weight is 309 g/mol. The Morgan fingerprint density at radius 1 is 1.05 bits per heavy atom. The van der Waals surface area contributed by atoms with Crippen LogP contribution in [0.15, 0.2) is 47.3 Å².